The van der Waals surface area contributed by atoms with Crippen LogP contribution < -0.4 is 10.6 Å². The Morgan fingerprint density at radius 1 is 1.41 bits per heavy atom. The molecule has 0 bridgehead atoms. The average molecular weight is 253 g/mol. The van der Waals surface area contributed by atoms with Gasteiger partial charge in [-0.05, 0) is 49.9 Å². The van der Waals surface area contributed by atoms with Crippen LogP contribution >= 0.6 is 11.6 Å². The summed E-state index contributed by atoms with van der Waals surface area (Å²) in [7, 11) is 0. The van der Waals surface area contributed by atoms with Crippen molar-refractivity contribution < 1.29 is 0 Å². The molecule has 2 atom stereocenters. The Hall–Kier alpha value is -0.730. The topological polar surface area (TPSA) is 29.3 Å². The van der Waals surface area contributed by atoms with Crippen molar-refractivity contribution in [1.29, 1.82) is 0 Å². The summed E-state index contributed by atoms with van der Waals surface area (Å²) in [6.45, 7) is 6.37. The van der Waals surface area contributed by atoms with Gasteiger partial charge in [0.2, 0.25) is 0 Å². The molecule has 17 heavy (non-hydrogen) atoms. The third-order valence-electron chi connectivity index (χ3n) is 3.57. The largest absolute Gasteiger partial charge is 0.369 e. The van der Waals surface area contributed by atoms with Gasteiger partial charge in [-0.2, -0.15) is 0 Å². The highest BCUT2D eigenvalue weighted by Crippen LogP contribution is 2.31. The maximum atomic E-state index is 6.29. The van der Waals surface area contributed by atoms with Crippen LogP contribution in [0.3, 0.4) is 0 Å². The van der Waals surface area contributed by atoms with Gasteiger partial charge in [-0.25, -0.2) is 0 Å². The standard InChI is InChI=1S/C14H21ClN2/c1-10-7-11(2)17(9-10)13-4-3-12(5-6-16)14(15)8-13/h3-4,8,10-11H,5-7,9,16H2,1-2H3. The number of nitrogens with zero attached hydrogens (tertiary/aromatic N) is 1. The first-order valence-electron chi connectivity index (χ1n) is 6.37. The summed E-state index contributed by atoms with van der Waals surface area (Å²) in [6.07, 6.45) is 2.12. The maximum absolute atomic E-state index is 6.29. The molecule has 2 nitrogen and oxygen atoms in total. The lowest BCUT2D eigenvalue weighted by Gasteiger charge is -2.24. The molecule has 1 aromatic carbocycles. The lowest BCUT2D eigenvalue weighted by molar-refractivity contribution is 0.625. The summed E-state index contributed by atoms with van der Waals surface area (Å²) in [4.78, 5) is 2.45. The molecule has 0 aromatic heterocycles. The van der Waals surface area contributed by atoms with Crippen molar-refractivity contribution in [1.82, 2.24) is 0 Å². The minimum Gasteiger partial charge on any atom is -0.369 e. The van der Waals surface area contributed by atoms with E-state index in [0.717, 1.165) is 29.5 Å². The van der Waals surface area contributed by atoms with Gasteiger partial charge in [0.05, 0.1) is 0 Å². The van der Waals surface area contributed by atoms with Gasteiger partial charge in [0.15, 0.2) is 0 Å². The summed E-state index contributed by atoms with van der Waals surface area (Å²) in [5, 5.41) is 0.847. The Morgan fingerprint density at radius 3 is 2.71 bits per heavy atom. The molecular weight excluding hydrogens is 232 g/mol. The smallest absolute Gasteiger partial charge is 0.0459 e. The van der Waals surface area contributed by atoms with E-state index >= 15 is 0 Å². The van der Waals surface area contributed by atoms with Crippen molar-refractivity contribution in [3.63, 3.8) is 0 Å². The van der Waals surface area contributed by atoms with Gasteiger partial charge in [-0.15, -0.1) is 0 Å². The molecule has 1 aliphatic heterocycles. The zero-order chi connectivity index (χ0) is 12.4. The summed E-state index contributed by atoms with van der Waals surface area (Å²) >= 11 is 6.29. The van der Waals surface area contributed by atoms with Crippen LogP contribution in [-0.4, -0.2) is 19.1 Å². The highest BCUT2D eigenvalue weighted by atomic mass is 35.5. The molecule has 94 valence electrons. The molecular formula is C14H21ClN2. The monoisotopic (exact) mass is 252 g/mol. The number of hydrogen-bond acceptors (Lipinski definition) is 2. The molecule has 1 aliphatic rings. The third kappa shape index (κ3) is 2.75. The highest BCUT2D eigenvalue weighted by molar-refractivity contribution is 6.31. The Balaban J connectivity index is 2.20. The Kier molecular flexibility index (Phi) is 3.95. The predicted octanol–water partition coefficient (Wildman–Crippen LogP) is 3.08. The van der Waals surface area contributed by atoms with Crippen molar-refractivity contribution >= 4 is 17.3 Å². The van der Waals surface area contributed by atoms with Crippen molar-refractivity contribution in [3.8, 4) is 0 Å². The lowest BCUT2D eigenvalue weighted by Crippen LogP contribution is -2.26. The Labute approximate surface area is 109 Å². The van der Waals surface area contributed by atoms with E-state index in [1.54, 1.807) is 0 Å². The minimum atomic E-state index is 0.612. The number of anilines is 1. The Morgan fingerprint density at radius 2 is 2.18 bits per heavy atom. The van der Waals surface area contributed by atoms with Crippen LogP contribution in [-0.2, 0) is 6.42 Å². The fraction of sp³-hybridized carbons (Fsp3) is 0.571. The second-order valence-corrected chi connectivity index (χ2v) is 5.56. The lowest BCUT2D eigenvalue weighted by atomic mass is 10.1. The molecule has 2 rings (SSSR count). The van der Waals surface area contributed by atoms with Crippen LogP contribution in [0.2, 0.25) is 5.02 Å². The zero-order valence-corrected chi connectivity index (χ0v) is 11.4. The first kappa shape index (κ1) is 12.7. The fourth-order valence-electron chi connectivity index (χ4n) is 2.73. The SMILES string of the molecule is CC1CC(C)N(c2ccc(CCN)c(Cl)c2)C1. The molecule has 0 spiro atoms. The number of benzene rings is 1. The molecule has 1 fully saturated rings. The van der Waals surface area contributed by atoms with E-state index in [1.807, 2.05) is 0 Å². The van der Waals surface area contributed by atoms with E-state index in [9.17, 15) is 0 Å². The molecule has 0 aliphatic carbocycles. The summed E-state index contributed by atoms with van der Waals surface area (Å²) in [5.41, 5.74) is 7.95. The van der Waals surface area contributed by atoms with Crippen LogP contribution in [0.25, 0.3) is 0 Å². The first-order valence-corrected chi connectivity index (χ1v) is 6.74. The van der Waals surface area contributed by atoms with Crippen LogP contribution in [0, 0.1) is 5.92 Å². The van der Waals surface area contributed by atoms with Crippen molar-refractivity contribution in [2.75, 3.05) is 18.0 Å². The Bertz CT molecular complexity index is 392. The number of halogens is 1. The molecule has 1 saturated heterocycles. The van der Waals surface area contributed by atoms with Gasteiger partial charge in [-0.1, -0.05) is 24.6 Å². The van der Waals surface area contributed by atoms with Gasteiger partial charge in [0.1, 0.15) is 0 Å². The number of rotatable bonds is 3. The van der Waals surface area contributed by atoms with Crippen LogP contribution in [0.5, 0.6) is 0 Å². The van der Waals surface area contributed by atoms with Gasteiger partial charge >= 0.3 is 0 Å². The van der Waals surface area contributed by atoms with Crippen molar-refractivity contribution in [3.05, 3.63) is 28.8 Å². The van der Waals surface area contributed by atoms with Crippen LogP contribution in [0.1, 0.15) is 25.8 Å². The molecule has 2 N–H and O–H groups in total. The summed E-state index contributed by atoms with van der Waals surface area (Å²) in [5.74, 6) is 0.771. The summed E-state index contributed by atoms with van der Waals surface area (Å²) in [6, 6.07) is 6.98. The van der Waals surface area contributed by atoms with E-state index in [2.05, 4.69) is 36.9 Å². The molecule has 0 radical (unpaired) electrons. The molecule has 0 saturated carbocycles. The third-order valence-corrected chi connectivity index (χ3v) is 3.92. The summed E-state index contributed by atoms with van der Waals surface area (Å²) < 4.78 is 0. The quantitative estimate of drug-likeness (QED) is 0.896. The van der Waals surface area contributed by atoms with Gasteiger partial charge in [-0.3, -0.25) is 0 Å². The normalized spacial score (nSPS) is 24.4. The number of hydrogen-bond donors (Lipinski definition) is 1. The molecule has 0 amide bonds. The minimum absolute atomic E-state index is 0.612. The highest BCUT2D eigenvalue weighted by Gasteiger charge is 2.26. The van der Waals surface area contributed by atoms with Gasteiger partial charge < -0.3 is 10.6 Å². The van der Waals surface area contributed by atoms with Gasteiger partial charge in [0.25, 0.3) is 0 Å². The number of nitrogens with two attached hydrogens (primary N) is 1. The van der Waals surface area contributed by atoms with Gasteiger partial charge in [0, 0.05) is 23.3 Å². The maximum Gasteiger partial charge on any atom is 0.0459 e. The fourth-order valence-corrected chi connectivity index (χ4v) is 3.00. The van der Waals surface area contributed by atoms with Crippen LogP contribution in [0.4, 0.5) is 5.69 Å². The molecule has 1 aromatic rings. The molecule has 3 heteroatoms. The molecule has 2 unspecified atom stereocenters. The van der Waals surface area contributed by atoms with Crippen molar-refractivity contribution in [2.45, 2.75) is 32.7 Å². The second-order valence-electron chi connectivity index (χ2n) is 5.16. The average Bonchev–Trinajstić information content (AvgIpc) is 2.61. The van der Waals surface area contributed by atoms with E-state index in [1.165, 1.54) is 12.1 Å². The van der Waals surface area contributed by atoms with E-state index in [0.29, 0.717) is 12.6 Å². The van der Waals surface area contributed by atoms with E-state index in [4.69, 9.17) is 17.3 Å². The van der Waals surface area contributed by atoms with E-state index in [-0.39, 0.29) is 0 Å². The van der Waals surface area contributed by atoms with E-state index < -0.39 is 0 Å². The zero-order valence-electron chi connectivity index (χ0n) is 10.6. The van der Waals surface area contributed by atoms with Crippen molar-refractivity contribution in [2.24, 2.45) is 11.7 Å². The second kappa shape index (κ2) is 5.28. The van der Waals surface area contributed by atoms with Crippen LogP contribution in [0.15, 0.2) is 18.2 Å². The predicted molar refractivity (Wildman–Crippen MR) is 74.8 cm³/mol. The first-order chi connectivity index (χ1) is 8.11. The molecule has 1 heterocycles.